The summed E-state index contributed by atoms with van der Waals surface area (Å²) in [6.45, 7) is 2.31. The van der Waals surface area contributed by atoms with Gasteiger partial charge in [0, 0.05) is 25.6 Å². The Morgan fingerprint density at radius 2 is 1.74 bits per heavy atom. The van der Waals surface area contributed by atoms with Crippen LogP contribution in [-0.4, -0.2) is 24.5 Å². The zero-order valence-electron chi connectivity index (χ0n) is 18.5. The number of hydrogen-bond acceptors (Lipinski definition) is 4. The highest BCUT2D eigenvalue weighted by Crippen LogP contribution is 2.32. The first-order valence-corrected chi connectivity index (χ1v) is 12.5. The number of rotatable bonds is 6. The number of anilines is 1. The molecule has 0 saturated carbocycles. The molecule has 3 aromatic rings. The van der Waals surface area contributed by atoms with Crippen LogP contribution < -0.4 is 15.0 Å². The second-order valence-corrected chi connectivity index (χ2v) is 9.62. The third-order valence-corrected chi connectivity index (χ3v) is 6.88. The van der Waals surface area contributed by atoms with E-state index in [0.717, 1.165) is 19.6 Å². The van der Waals surface area contributed by atoms with Crippen molar-refractivity contribution in [2.45, 2.75) is 13.3 Å². The van der Waals surface area contributed by atoms with Gasteiger partial charge in [-0.15, -0.1) is 0 Å². The molecule has 4 amide bonds. The molecule has 1 aliphatic rings. The summed E-state index contributed by atoms with van der Waals surface area (Å²) in [5.41, 5.74) is 2.62. The minimum Gasteiger partial charge on any atom is -0.494 e. The molecule has 0 atom stereocenters. The number of barbiturate groups is 1. The second kappa shape index (κ2) is 10.8. The highest BCUT2D eigenvalue weighted by Gasteiger charge is 2.36. The zero-order chi connectivity index (χ0) is 25.1. The number of imide groups is 2. The molecule has 35 heavy (non-hydrogen) atoms. The summed E-state index contributed by atoms with van der Waals surface area (Å²) in [5.74, 6) is -0.868. The van der Waals surface area contributed by atoms with Crippen molar-refractivity contribution < 1.29 is 19.1 Å². The number of carbonyl (C=O) groups is 3. The molecule has 1 fully saturated rings. The van der Waals surface area contributed by atoms with Crippen LogP contribution in [-0.2, 0) is 16.0 Å². The monoisotopic (exact) mass is 620 g/mol. The summed E-state index contributed by atoms with van der Waals surface area (Å²) in [5, 5.41) is 3.35. The highest BCUT2D eigenvalue weighted by molar-refractivity contribution is 14.1. The summed E-state index contributed by atoms with van der Waals surface area (Å²) < 4.78 is 6.78. The molecular formula is C26H19Cl2IN2O4. The minimum atomic E-state index is -0.820. The van der Waals surface area contributed by atoms with E-state index in [0.29, 0.717) is 40.1 Å². The average molecular weight is 621 g/mol. The normalized spacial score (nSPS) is 14.9. The van der Waals surface area contributed by atoms with Gasteiger partial charge in [-0.2, -0.15) is 0 Å². The van der Waals surface area contributed by atoms with Gasteiger partial charge in [0.2, 0.25) is 0 Å². The van der Waals surface area contributed by atoms with Crippen LogP contribution in [0.4, 0.5) is 10.5 Å². The maximum atomic E-state index is 13.2. The summed E-state index contributed by atoms with van der Waals surface area (Å²) >= 11 is 14.5. The number of benzene rings is 3. The first-order valence-electron chi connectivity index (χ1n) is 10.6. The number of nitrogens with zero attached hydrogens (tertiary/aromatic N) is 1. The van der Waals surface area contributed by atoms with Crippen molar-refractivity contribution in [3.63, 3.8) is 0 Å². The van der Waals surface area contributed by atoms with Crippen LogP contribution in [0.3, 0.4) is 0 Å². The standard InChI is InChI=1S/C26H19Cl2IN2O4/c1-2-35-23-13-15(12-22(29)19(23)14-16-5-3-4-6-21(16)28)11-20-24(32)30-26(34)31(25(20)33)18-9-7-17(27)8-10-18/h3-13H,2,14H2,1H3,(H,30,32,34)/b20-11+. The lowest BCUT2D eigenvalue weighted by molar-refractivity contribution is -0.122. The SMILES string of the molecule is CCOc1cc(/C=C2\C(=O)NC(=O)N(c3ccc(Cl)cc3)C2=O)cc(I)c1Cc1ccccc1Cl. The molecule has 9 heteroatoms. The van der Waals surface area contributed by atoms with E-state index in [2.05, 4.69) is 27.9 Å². The van der Waals surface area contributed by atoms with Crippen molar-refractivity contribution in [3.05, 3.63) is 96.5 Å². The van der Waals surface area contributed by atoms with Crippen molar-refractivity contribution in [1.82, 2.24) is 5.32 Å². The maximum Gasteiger partial charge on any atom is 0.335 e. The topological polar surface area (TPSA) is 75.7 Å². The van der Waals surface area contributed by atoms with Crippen LogP contribution in [0.25, 0.3) is 6.08 Å². The maximum absolute atomic E-state index is 13.2. The van der Waals surface area contributed by atoms with Gasteiger partial charge in [0.25, 0.3) is 11.8 Å². The van der Waals surface area contributed by atoms with Crippen molar-refractivity contribution in [1.29, 1.82) is 0 Å². The van der Waals surface area contributed by atoms with Crippen molar-refractivity contribution in [2.75, 3.05) is 11.5 Å². The van der Waals surface area contributed by atoms with Crippen molar-refractivity contribution >= 4 is 75.4 Å². The lowest BCUT2D eigenvalue weighted by Gasteiger charge is -2.26. The third kappa shape index (κ3) is 5.52. The number of nitrogens with one attached hydrogen (secondary N) is 1. The molecule has 4 rings (SSSR count). The Kier molecular flexibility index (Phi) is 7.78. The Morgan fingerprint density at radius 3 is 2.43 bits per heavy atom. The molecule has 1 N–H and O–H groups in total. The van der Waals surface area contributed by atoms with Crippen LogP contribution in [0.5, 0.6) is 5.75 Å². The predicted molar refractivity (Wildman–Crippen MR) is 145 cm³/mol. The Hall–Kier alpha value is -2.88. The molecular weight excluding hydrogens is 602 g/mol. The van der Waals surface area contributed by atoms with Gasteiger partial charge in [0.05, 0.1) is 12.3 Å². The Morgan fingerprint density at radius 1 is 1.03 bits per heavy atom. The average Bonchev–Trinajstić information content (AvgIpc) is 2.81. The van der Waals surface area contributed by atoms with Gasteiger partial charge in [0.15, 0.2) is 0 Å². The van der Waals surface area contributed by atoms with Gasteiger partial charge >= 0.3 is 6.03 Å². The van der Waals surface area contributed by atoms with Crippen LogP contribution in [0, 0.1) is 3.57 Å². The second-order valence-electron chi connectivity index (χ2n) is 7.61. The highest BCUT2D eigenvalue weighted by atomic mass is 127. The fourth-order valence-corrected chi connectivity index (χ4v) is 4.80. The first kappa shape index (κ1) is 25.2. The molecule has 0 spiro atoms. The molecule has 1 heterocycles. The van der Waals surface area contributed by atoms with E-state index < -0.39 is 17.8 Å². The van der Waals surface area contributed by atoms with E-state index in [9.17, 15) is 14.4 Å². The van der Waals surface area contributed by atoms with Crippen LogP contribution in [0.1, 0.15) is 23.6 Å². The zero-order valence-corrected chi connectivity index (χ0v) is 22.1. The van der Waals surface area contributed by atoms with E-state index in [1.165, 1.54) is 18.2 Å². The molecule has 178 valence electrons. The third-order valence-electron chi connectivity index (χ3n) is 5.30. The Balaban J connectivity index is 1.72. The fourth-order valence-electron chi connectivity index (χ4n) is 3.65. The Bertz CT molecular complexity index is 1360. The predicted octanol–water partition coefficient (Wildman–Crippen LogP) is 6.25. The molecule has 1 aliphatic heterocycles. The summed E-state index contributed by atoms with van der Waals surface area (Å²) in [6.07, 6.45) is 2.01. The summed E-state index contributed by atoms with van der Waals surface area (Å²) in [7, 11) is 0. The fraction of sp³-hybridized carbons (Fsp3) is 0.115. The number of ether oxygens (including phenoxy) is 1. The first-order chi connectivity index (χ1) is 16.8. The van der Waals surface area contributed by atoms with Gasteiger partial charge in [-0.1, -0.05) is 41.4 Å². The molecule has 1 saturated heterocycles. The van der Waals surface area contributed by atoms with Crippen LogP contribution in [0.2, 0.25) is 10.0 Å². The van der Waals surface area contributed by atoms with E-state index in [4.69, 9.17) is 27.9 Å². The largest absolute Gasteiger partial charge is 0.494 e. The number of carbonyl (C=O) groups excluding carboxylic acids is 3. The van der Waals surface area contributed by atoms with Gasteiger partial charge in [-0.3, -0.25) is 14.9 Å². The number of urea groups is 1. The van der Waals surface area contributed by atoms with Crippen molar-refractivity contribution in [2.24, 2.45) is 0 Å². The number of halogens is 3. The molecule has 3 aromatic carbocycles. The minimum absolute atomic E-state index is 0.170. The van der Waals surface area contributed by atoms with E-state index in [-0.39, 0.29) is 5.57 Å². The number of hydrogen-bond donors (Lipinski definition) is 1. The quantitative estimate of drug-likeness (QED) is 0.201. The van der Waals surface area contributed by atoms with Gasteiger partial charge in [-0.05, 0) is 89.2 Å². The van der Waals surface area contributed by atoms with Gasteiger partial charge in [0.1, 0.15) is 11.3 Å². The molecule has 0 bridgehead atoms. The molecule has 6 nitrogen and oxygen atoms in total. The number of amides is 4. The van der Waals surface area contributed by atoms with Gasteiger partial charge in [-0.25, -0.2) is 9.69 Å². The smallest absolute Gasteiger partial charge is 0.335 e. The van der Waals surface area contributed by atoms with E-state index in [1.807, 2.05) is 37.3 Å². The van der Waals surface area contributed by atoms with E-state index in [1.54, 1.807) is 18.2 Å². The van der Waals surface area contributed by atoms with E-state index >= 15 is 0 Å². The lowest BCUT2D eigenvalue weighted by Crippen LogP contribution is -2.54. The molecule has 0 aromatic heterocycles. The Labute approximate surface area is 226 Å². The summed E-state index contributed by atoms with van der Waals surface area (Å²) in [6, 6.07) is 16.6. The lowest BCUT2D eigenvalue weighted by atomic mass is 10.0. The summed E-state index contributed by atoms with van der Waals surface area (Å²) in [4.78, 5) is 39.1. The molecule has 0 radical (unpaired) electrons. The van der Waals surface area contributed by atoms with Crippen molar-refractivity contribution in [3.8, 4) is 5.75 Å². The molecule has 0 aliphatic carbocycles. The molecule has 0 unspecified atom stereocenters. The van der Waals surface area contributed by atoms with Gasteiger partial charge < -0.3 is 4.74 Å². The van der Waals surface area contributed by atoms with Crippen LogP contribution >= 0.6 is 45.8 Å². The van der Waals surface area contributed by atoms with Crippen LogP contribution in [0.15, 0.2) is 66.2 Å².